The zero-order chi connectivity index (χ0) is 9.97. The van der Waals surface area contributed by atoms with E-state index in [1.54, 1.807) is 12.1 Å². The van der Waals surface area contributed by atoms with Gasteiger partial charge in [-0.25, -0.2) is 8.78 Å². The number of benzene rings is 1. The Hall–Kier alpha value is -0.960. The van der Waals surface area contributed by atoms with Crippen molar-refractivity contribution >= 4 is 0 Å². The largest absolute Gasteiger partial charge is 0.317 e. The van der Waals surface area contributed by atoms with Gasteiger partial charge in [0, 0.05) is 0 Å². The normalized spacial score (nSPS) is 18.4. The zero-order valence-electron chi connectivity index (χ0n) is 7.89. The highest BCUT2D eigenvalue weighted by Crippen LogP contribution is 2.28. The van der Waals surface area contributed by atoms with Crippen LogP contribution in [-0.2, 0) is 0 Å². The zero-order valence-corrected chi connectivity index (χ0v) is 7.89. The fraction of sp³-hybridized carbons (Fsp3) is 0.455. The van der Waals surface area contributed by atoms with Gasteiger partial charge in [0.15, 0.2) is 11.6 Å². The van der Waals surface area contributed by atoms with Crippen molar-refractivity contribution in [3.8, 4) is 0 Å². The van der Waals surface area contributed by atoms with Gasteiger partial charge in [-0.1, -0.05) is 12.1 Å². The third-order valence-electron chi connectivity index (χ3n) is 2.76. The minimum atomic E-state index is -0.735. The molecule has 1 heterocycles. The average Bonchev–Trinajstić information content (AvgIpc) is 2.23. The van der Waals surface area contributed by atoms with Crippen LogP contribution in [0.15, 0.2) is 18.2 Å². The molecular weight excluding hydrogens is 184 g/mol. The van der Waals surface area contributed by atoms with Crippen molar-refractivity contribution in [2.75, 3.05) is 13.1 Å². The van der Waals surface area contributed by atoms with E-state index in [4.69, 9.17) is 0 Å². The van der Waals surface area contributed by atoms with Crippen molar-refractivity contribution in [3.63, 3.8) is 0 Å². The van der Waals surface area contributed by atoms with Gasteiger partial charge in [-0.3, -0.25) is 0 Å². The summed E-state index contributed by atoms with van der Waals surface area (Å²) in [5, 5.41) is 3.20. The molecule has 1 aliphatic rings. The molecule has 0 amide bonds. The van der Waals surface area contributed by atoms with Gasteiger partial charge in [0.1, 0.15) is 0 Å². The number of hydrogen-bond donors (Lipinski definition) is 1. The third kappa shape index (κ3) is 1.77. The Labute approximate surface area is 82.1 Å². The van der Waals surface area contributed by atoms with Crippen LogP contribution < -0.4 is 5.32 Å². The van der Waals surface area contributed by atoms with Gasteiger partial charge in [0.2, 0.25) is 0 Å². The molecule has 0 aliphatic carbocycles. The number of hydrogen-bond acceptors (Lipinski definition) is 1. The number of nitrogens with one attached hydrogen (secondary N) is 1. The van der Waals surface area contributed by atoms with Gasteiger partial charge in [0.25, 0.3) is 0 Å². The van der Waals surface area contributed by atoms with Crippen LogP contribution in [0.1, 0.15) is 24.3 Å². The first-order valence-electron chi connectivity index (χ1n) is 4.93. The molecule has 0 unspecified atom stereocenters. The van der Waals surface area contributed by atoms with Gasteiger partial charge >= 0.3 is 0 Å². The van der Waals surface area contributed by atoms with Gasteiger partial charge < -0.3 is 5.32 Å². The fourth-order valence-electron chi connectivity index (χ4n) is 1.97. The van der Waals surface area contributed by atoms with Crippen molar-refractivity contribution in [2.24, 2.45) is 0 Å². The second-order valence-corrected chi connectivity index (χ2v) is 3.67. The first-order valence-corrected chi connectivity index (χ1v) is 4.93. The van der Waals surface area contributed by atoms with Gasteiger partial charge in [0.05, 0.1) is 0 Å². The Morgan fingerprint density at radius 3 is 2.57 bits per heavy atom. The van der Waals surface area contributed by atoms with E-state index in [0.717, 1.165) is 25.9 Å². The van der Waals surface area contributed by atoms with E-state index >= 15 is 0 Å². The maximum absolute atomic E-state index is 13.4. The first kappa shape index (κ1) is 9.59. The summed E-state index contributed by atoms with van der Waals surface area (Å²) in [7, 11) is 0. The molecule has 0 saturated carbocycles. The molecule has 0 spiro atoms. The smallest absolute Gasteiger partial charge is 0.162 e. The maximum Gasteiger partial charge on any atom is 0.162 e. The Kier molecular flexibility index (Phi) is 2.77. The summed E-state index contributed by atoms with van der Waals surface area (Å²) >= 11 is 0. The fourth-order valence-corrected chi connectivity index (χ4v) is 1.97. The molecule has 1 nitrogen and oxygen atoms in total. The summed E-state index contributed by atoms with van der Waals surface area (Å²) in [5.41, 5.74) is 0.534. The van der Waals surface area contributed by atoms with Crippen LogP contribution in [0.2, 0.25) is 0 Å². The van der Waals surface area contributed by atoms with Crippen LogP contribution >= 0.6 is 0 Å². The van der Waals surface area contributed by atoms with Crippen LogP contribution in [0.5, 0.6) is 0 Å². The summed E-state index contributed by atoms with van der Waals surface area (Å²) in [6.45, 7) is 1.78. The van der Waals surface area contributed by atoms with E-state index < -0.39 is 11.6 Å². The van der Waals surface area contributed by atoms with E-state index in [1.165, 1.54) is 6.07 Å². The molecule has 76 valence electrons. The van der Waals surface area contributed by atoms with Crippen LogP contribution in [0.4, 0.5) is 8.78 Å². The molecule has 0 aromatic heterocycles. The molecule has 2 rings (SSSR count). The van der Waals surface area contributed by atoms with E-state index in [1.807, 2.05) is 0 Å². The van der Waals surface area contributed by atoms with E-state index in [-0.39, 0.29) is 5.92 Å². The summed E-state index contributed by atoms with van der Waals surface area (Å²) < 4.78 is 26.3. The highest BCUT2D eigenvalue weighted by molar-refractivity contribution is 5.23. The molecule has 3 heteroatoms. The summed E-state index contributed by atoms with van der Waals surface area (Å²) in [4.78, 5) is 0. The van der Waals surface area contributed by atoms with Crippen LogP contribution in [-0.4, -0.2) is 13.1 Å². The molecule has 1 aromatic rings. The standard InChI is InChI=1S/C11H13F2N/c12-10-3-1-2-9(11(10)13)8-4-6-14-7-5-8/h1-3,8,14H,4-7H2. The van der Waals surface area contributed by atoms with Crippen molar-refractivity contribution < 1.29 is 8.78 Å². The summed E-state index contributed by atoms with van der Waals surface area (Å²) in [6, 6.07) is 4.43. The monoisotopic (exact) mass is 197 g/mol. The molecule has 1 saturated heterocycles. The number of piperidine rings is 1. The first-order chi connectivity index (χ1) is 6.79. The Morgan fingerprint density at radius 2 is 1.86 bits per heavy atom. The van der Waals surface area contributed by atoms with Crippen molar-refractivity contribution in [3.05, 3.63) is 35.4 Å². The minimum Gasteiger partial charge on any atom is -0.317 e. The number of halogens is 2. The SMILES string of the molecule is Fc1cccc(C2CCNCC2)c1F. The van der Waals surface area contributed by atoms with Crippen LogP contribution in [0, 0.1) is 11.6 Å². The average molecular weight is 197 g/mol. The minimum absolute atomic E-state index is 0.173. The highest BCUT2D eigenvalue weighted by atomic mass is 19.2. The van der Waals surface area contributed by atoms with Crippen molar-refractivity contribution in [2.45, 2.75) is 18.8 Å². The molecule has 0 bridgehead atoms. The molecule has 1 fully saturated rings. The molecular formula is C11H13F2N. The molecule has 14 heavy (non-hydrogen) atoms. The van der Waals surface area contributed by atoms with E-state index in [9.17, 15) is 8.78 Å². The van der Waals surface area contributed by atoms with Gasteiger partial charge in [-0.05, 0) is 43.5 Å². The maximum atomic E-state index is 13.4. The predicted octanol–water partition coefficient (Wildman–Crippen LogP) is 2.43. The second kappa shape index (κ2) is 4.05. The molecule has 0 atom stereocenters. The van der Waals surface area contributed by atoms with Crippen molar-refractivity contribution in [1.82, 2.24) is 5.32 Å². The lowest BCUT2D eigenvalue weighted by molar-refractivity contribution is 0.429. The van der Waals surface area contributed by atoms with Crippen LogP contribution in [0.25, 0.3) is 0 Å². The van der Waals surface area contributed by atoms with E-state index in [2.05, 4.69) is 5.32 Å². The Bertz CT molecular complexity index is 319. The van der Waals surface area contributed by atoms with Crippen LogP contribution in [0.3, 0.4) is 0 Å². The summed E-state index contributed by atoms with van der Waals surface area (Å²) in [5.74, 6) is -1.23. The van der Waals surface area contributed by atoms with E-state index in [0.29, 0.717) is 5.56 Å². The topological polar surface area (TPSA) is 12.0 Å². The molecule has 0 radical (unpaired) electrons. The van der Waals surface area contributed by atoms with Gasteiger partial charge in [-0.2, -0.15) is 0 Å². The lowest BCUT2D eigenvalue weighted by Crippen LogP contribution is -2.27. The van der Waals surface area contributed by atoms with Crippen molar-refractivity contribution in [1.29, 1.82) is 0 Å². The Balaban J connectivity index is 2.26. The molecule has 1 aromatic carbocycles. The predicted molar refractivity (Wildman–Crippen MR) is 51.2 cm³/mol. The van der Waals surface area contributed by atoms with Gasteiger partial charge in [-0.15, -0.1) is 0 Å². The Morgan fingerprint density at radius 1 is 1.14 bits per heavy atom. The molecule has 1 aliphatic heterocycles. The number of rotatable bonds is 1. The lowest BCUT2D eigenvalue weighted by Gasteiger charge is -2.23. The third-order valence-corrected chi connectivity index (χ3v) is 2.76. The lowest BCUT2D eigenvalue weighted by atomic mass is 9.90. The second-order valence-electron chi connectivity index (χ2n) is 3.67. The summed E-state index contributed by atoms with van der Waals surface area (Å²) in [6.07, 6.45) is 1.78. The molecule has 1 N–H and O–H groups in total. The highest BCUT2D eigenvalue weighted by Gasteiger charge is 2.19. The quantitative estimate of drug-likeness (QED) is 0.729.